The highest BCUT2D eigenvalue weighted by Gasteiger charge is 2.20. The van der Waals surface area contributed by atoms with Crippen LogP contribution in [-0.4, -0.2) is 28.5 Å². The van der Waals surface area contributed by atoms with Crippen LogP contribution < -0.4 is 0 Å². The van der Waals surface area contributed by atoms with Gasteiger partial charge in [0, 0.05) is 12.6 Å². The number of phenolic OH excluding ortho intramolecular Hbond substituents is 1. The lowest BCUT2D eigenvalue weighted by molar-refractivity contribution is 0.0699. The maximum absolute atomic E-state index is 12.4. The summed E-state index contributed by atoms with van der Waals surface area (Å²) in [7, 11) is 0. The monoisotopic (exact) mass is 249 g/mol. The fourth-order valence-electron chi connectivity index (χ4n) is 1.94. The predicted octanol–water partition coefficient (Wildman–Crippen LogP) is 3.43. The predicted molar refractivity (Wildman–Crippen MR) is 73.8 cm³/mol. The van der Waals surface area contributed by atoms with Crippen LogP contribution in [0.5, 0.6) is 5.75 Å². The minimum absolute atomic E-state index is 0.0589. The molecule has 0 unspecified atom stereocenters. The topological polar surface area (TPSA) is 40.5 Å². The molecule has 100 valence electrons. The van der Waals surface area contributed by atoms with E-state index in [0.29, 0.717) is 5.56 Å². The van der Waals surface area contributed by atoms with Gasteiger partial charge in [-0.15, -0.1) is 0 Å². The second-order valence-electron chi connectivity index (χ2n) is 4.82. The van der Waals surface area contributed by atoms with Crippen molar-refractivity contribution in [3.05, 3.63) is 29.8 Å². The molecule has 0 saturated carbocycles. The molecule has 1 aromatic carbocycles. The molecule has 0 fully saturated rings. The molecule has 0 saturated heterocycles. The first-order chi connectivity index (χ1) is 8.57. The molecular formula is C15H23NO2. The molecule has 0 aliphatic heterocycles. The van der Waals surface area contributed by atoms with Gasteiger partial charge in [0.1, 0.15) is 5.75 Å². The average Bonchev–Trinajstić information content (AvgIpc) is 2.34. The summed E-state index contributed by atoms with van der Waals surface area (Å²) in [6.45, 7) is 6.90. The zero-order valence-electron chi connectivity index (χ0n) is 11.5. The highest BCUT2D eigenvalue weighted by Crippen LogP contribution is 2.19. The van der Waals surface area contributed by atoms with Crippen molar-refractivity contribution < 1.29 is 9.90 Å². The Hall–Kier alpha value is -1.51. The molecule has 0 aliphatic carbocycles. The highest BCUT2D eigenvalue weighted by atomic mass is 16.3. The molecule has 3 nitrogen and oxygen atoms in total. The van der Waals surface area contributed by atoms with Crippen molar-refractivity contribution in [2.24, 2.45) is 0 Å². The van der Waals surface area contributed by atoms with Crippen LogP contribution in [0.2, 0.25) is 0 Å². The summed E-state index contributed by atoms with van der Waals surface area (Å²) in [6.07, 6.45) is 3.27. The lowest BCUT2D eigenvalue weighted by Crippen LogP contribution is -2.37. The molecule has 0 heterocycles. The molecule has 0 aromatic heterocycles. The number of hydrogen-bond donors (Lipinski definition) is 1. The number of carbonyl (C=O) groups excluding carboxylic acids is 1. The number of benzene rings is 1. The Bertz CT molecular complexity index is 388. The number of para-hydroxylation sites is 1. The van der Waals surface area contributed by atoms with Gasteiger partial charge in [0.25, 0.3) is 5.91 Å². The Morgan fingerprint density at radius 3 is 2.50 bits per heavy atom. The highest BCUT2D eigenvalue weighted by molar-refractivity contribution is 5.96. The van der Waals surface area contributed by atoms with Gasteiger partial charge in [-0.25, -0.2) is 0 Å². The molecule has 0 spiro atoms. The molecule has 0 aliphatic rings. The summed E-state index contributed by atoms with van der Waals surface area (Å²) >= 11 is 0. The molecule has 18 heavy (non-hydrogen) atoms. The maximum Gasteiger partial charge on any atom is 0.257 e. The minimum Gasteiger partial charge on any atom is -0.507 e. The number of nitrogens with zero attached hydrogens (tertiary/aromatic N) is 1. The molecule has 1 rings (SSSR count). The number of hydrogen-bond acceptors (Lipinski definition) is 2. The largest absolute Gasteiger partial charge is 0.507 e. The van der Waals surface area contributed by atoms with Crippen LogP contribution in [0.15, 0.2) is 24.3 Å². The van der Waals surface area contributed by atoms with Gasteiger partial charge in [0.05, 0.1) is 5.56 Å². The van der Waals surface area contributed by atoms with Crippen LogP contribution in [0.1, 0.15) is 50.4 Å². The summed E-state index contributed by atoms with van der Waals surface area (Å²) in [4.78, 5) is 14.2. The first kappa shape index (κ1) is 14.6. The average molecular weight is 249 g/mol. The number of aromatic hydroxyl groups is 1. The van der Waals surface area contributed by atoms with E-state index in [-0.39, 0.29) is 17.7 Å². The summed E-state index contributed by atoms with van der Waals surface area (Å²) in [5, 5.41) is 9.74. The van der Waals surface area contributed by atoms with Crippen molar-refractivity contribution in [1.29, 1.82) is 0 Å². The van der Waals surface area contributed by atoms with Crippen molar-refractivity contribution in [2.75, 3.05) is 6.54 Å². The Labute approximate surface area is 109 Å². The SMILES string of the molecule is CCCCCN(C(=O)c1ccccc1O)C(C)C. The van der Waals surface area contributed by atoms with Crippen LogP contribution >= 0.6 is 0 Å². The molecule has 1 aromatic rings. The Morgan fingerprint density at radius 1 is 1.28 bits per heavy atom. The van der Waals surface area contributed by atoms with Crippen molar-refractivity contribution in [3.63, 3.8) is 0 Å². The third kappa shape index (κ3) is 3.76. The normalized spacial score (nSPS) is 10.7. The summed E-state index contributed by atoms with van der Waals surface area (Å²) < 4.78 is 0. The van der Waals surface area contributed by atoms with E-state index in [1.165, 1.54) is 0 Å². The number of rotatable bonds is 6. The van der Waals surface area contributed by atoms with E-state index < -0.39 is 0 Å². The van der Waals surface area contributed by atoms with Gasteiger partial charge < -0.3 is 10.0 Å². The molecule has 0 bridgehead atoms. The number of phenols is 1. The second kappa shape index (κ2) is 7.04. The van der Waals surface area contributed by atoms with Crippen molar-refractivity contribution in [1.82, 2.24) is 4.90 Å². The molecule has 0 atom stereocenters. The van der Waals surface area contributed by atoms with E-state index in [1.54, 1.807) is 24.3 Å². The van der Waals surface area contributed by atoms with Crippen molar-refractivity contribution in [3.8, 4) is 5.75 Å². The molecule has 1 N–H and O–H groups in total. The third-order valence-corrected chi connectivity index (χ3v) is 3.02. The molecular weight excluding hydrogens is 226 g/mol. The minimum atomic E-state index is -0.0841. The molecule has 1 amide bonds. The fraction of sp³-hybridized carbons (Fsp3) is 0.533. The van der Waals surface area contributed by atoms with Crippen molar-refractivity contribution in [2.45, 2.75) is 46.1 Å². The van der Waals surface area contributed by atoms with Crippen LogP contribution in [0.3, 0.4) is 0 Å². The second-order valence-corrected chi connectivity index (χ2v) is 4.82. The van der Waals surface area contributed by atoms with E-state index in [4.69, 9.17) is 0 Å². The quantitative estimate of drug-likeness (QED) is 0.785. The van der Waals surface area contributed by atoms with Crippen molar-refractivity contribution >= 4 is 5.91 Å². The van der Waals surface area contributed by atoms with Gasteiger partial charge >= 0.3 is 0 Å². The van der Waals surface area contributed by atoms with Crippen LogP contribution in [0.4, 0.5) is 0 Å². The standard InChI is InChI=1S/C15H23NO2/c1-4-5-8-11-16(12(2)3)15(18)13-9-6-7-10-14(13)17/h6-7,9-10,12,17H,4-5,8,11H2,1-3H3. The van der Waals surface area contributed by atoms with Crippen LogP contribution in [0, 0.1) is 0 Å². The zero-order valence-corrected chi connectivity index (χ0v) is 11.5. The number of unbranched alkanes of at least 4 members (excludes halogenated alkanes) is 2. The Kier molecular flexibility index (Phi) is 5.69. The van der Waals surface area contributed by atoms with Gasteiger partial charge in [-0.1, -0.05) is 31.9 Å². The first-order valence-electron chi connectivity index (χ1n) is 6.66. The lowest BCUT2D eigenvalue weighted by atomic mass is 10.1. The van der Waals surface area contributed by atoms with Gasteiger partial charge in [-0.3, -0.25) is 4.79 Å². The van der Waals surface area contributed by atoms with E-state index in [2.05, 4.69) is 6.92 Å². The molecule has 3 heteroatoms. The van der Waals surface area contributed by atoms with E-state index in [0.717, 1.165) is 25.8 Å². The first-order valence-corrected chi connectivity index (χ1v) is 6.66. The van der Waals surface area contributed by atoms with Gasteiger partial charge in [-0.2, -0.15) is 0 Å². The third-order valence-electron chi connectivity index (χ3n) is 3.02. The van der Waals surface area contributed by atoms with Crippen LogP contribution in [0.25, 0.3) is 0 Å². The Balaban J connectivity index is 2.80. The summed E-state index contributed by atoms with van der Waals surface area (Å²) in [6, 6.07) is 6.87. The summed E-state index contributed by atoms with van der Waals surface area (Å²) in [5.74, 6) is -0.0251. The van der Waals surface area contributed by atoms with Crippen LogP contribution in [-0.2, 0) is 0 Å². The maximum atomic E-state index is 12.4. The van der Waals surface area contributed by atoms with Gasteiger partial charge in [0.15, 0.2) is 0 Å². The van der Waals surface area contributed by atoms with E-state index in [1.807, 2.05) is 18.7 Å². The summed E-state index contributed by atoms with van der Waals surface area (Å²) in [5.41, 5.74) is 0.391. The lowest BCUT2D eigenvalue weighted by Gasteiger charge is -2.27. The van der Waals surface area contributed by atoms with Gasteiger partial charge in [-0.05, 0) is 32.4 Å². The smallest absolute Gasteiger partial charge is 0.257 e. The fourth-order valence-corrected chi connectivity index (χ4v) is 1.94. The molecule has 0 radical (unpaired) electrons. The van der Waals surface area contributed by atoms with E-state index >= 15 is 0 Å². The Morgan fingerprint density at radius 2 is 1.94 bits per heavy atom. The van der Waals surface area contributed by atoms with Gasteiger partial charge in [0.2, 0.25) is 0 Å². The number of amides is 1. The number of carbonyl (C=O) groups is 1. The van der Waals surface area contributed by atoms with E-state index in [9.17, 15) is 9.90 Å². The zero-order chi connectivity index (χ0) is 13.5.